The summed E-state index contributed by atoms with van der Waals surface area (Å²) in [5.74, 6) is 0.491. The number of nitrogens with one attached hydrogen (secondary N) is 2. The summed E-state index contributed by atoms with van der Waals surface area (Å²) in [6, 6.07) is 23.8. The zero-order valence-corrected chi connectivity index (χ0v) is 21.8. The maximum absolute atomic E-state index is 12.0. The smallest absolute Gasteiger partial charge is 0.224 e. The van der Waals surface area contributed by atoms with E-state index in [9.17, 15) is 4.79 Å². The Bertz CT molecular complexity index is 1440. The highest BCUT2D eigenvalue weighted by Gasteiger charge is 2.42. The van der Waals surface area contributed by atoms with Gasteiger partial charge in [-0.15, -0.1) is 0 Å². The van der Waals surface area contributed by atoms with Crippen molar-refractivity contribution in [1.29, 1.82) is 0 Å². The number of amides is 1. The van der Waals surface area contributed by atoms with Crippen LogP contribution in [-0.2, 0) is 4.79 Å². The Morgan fingerprint density at radius 1 is 1.11 bits per heavy atom. The van der Waals surface area contributed by atoms with Gasteiger partial charge >= 0.3 is 0 Å². The van der Waals surface area contributed by atoms with Gasteiger partial charge in [0.15, 0.2) is 5.11 Å². The minimum absolute atomic E-state index is 0.0754. The summed E-state index contributed by atoms with van der Waals surface area (Å²) < 4.78 is 7.86. The lowest BCUT2D eigenvalue weighted by Crippen LogP contribution is -2.30. The number of pyridine rings is 1. The number of rotatable bonds is 7. The summed E-state index contributed by atoms with van der Waals surface area (Å²) in [5, 5.41) is 7.01. The van der Waals surface area contributed by atoms with Gasteiger partial charge in [-0.3, -0.25) is 9.78 Å². The van der Waals surface area contributed by atoms with Gasteiger partial charge in [-0.1, -0.05) is 31.2 Å². The first-order valence-corrected chi connectivity index (χ1v) is 12.6. The first-order chi connectivity index (χ1) is 18.0. The second-order valence-electron chi connectivity index (χ2n) is 8.87. The Hall–Kier alpha value is -4.17. The van der Waals surface area contributed by atoms with Gasteiger partial charge in [-0.25, -0.2) is 0 Å². The molecule has 1 aliphatic rings. The molecule has 37 heavy (non-hydrogen) atoms. The summed E-state index contributed by atoms with van der Waals surface area (Å²) in [6.07, 6.45) is 4.26. The zero-order chi connectivity index (χ0) is 25.9. The molecule has 1 saturated heterocycles. The van der Waals surface area contributed by atoms with E-state index in [1.165, 1.54) is 5.56 Å². The van der Waals surface area contributed by atoms with Crippen molar-refractivity contribution in [1.82, 2.24) is 14.9 Å². The minimum atomic E-state index is -0.196. The van der Waals surface area contributed by atoms with Gasteiger partial charge in [0.05, 0.1) is 24.5 Å². The molecule has 0 aliphatic carbocycles. The van der Waals surface area contributed by atoms with Crippen molar-refractivity contribution < 1.29 is 9.53 Å². The van der Waals surface area contributed by atoms with Crippen molar-refractivity contribution in [3.8, 4) is 11.4 Å². The molecule has 1 aliphatic heterocycles. The second kappa shape index (κ2) is 10.4. The van der Waals surface area contributed by atoms with Crippen LogP contribution in [-0.4, -0.2) is 27.7 Å². The highest BCUT2D eigenvalue weighted by molar-refractivity contribution is 7.80. The van der Waals surface area contributed by atoms with Crippen LogP contribution in [0.25, 0.3) is 5.69 Å². The van der Waals surface area contributed by atoms with Crippen molar-refractivity contribution in [2.24, 2.45) is 0 Å². The van der Waals surface area contributed by atoms with Crippen LogP contribution in [0.2, 0.25) is 0 Å². The molecule has 0 radical (unpaired) electrons. The van der Waals surface area contributed by atoms with Crippen LogP contribution in [0.3, 0.4) is 0 Å². The summed E-state index contributed by atoms with van der Waals surface area (Å²) in [6.45, 7) is 3.93. The third-order valence-electron chi connectivity index (χ3n) is 6.61. The van der Waals surface area contributed by atoms with Gasteiger partial charge < -0.3 is 24.8 Å². The summed E-state index contributed by atoms with van der Waals surface area (Å²) in [5.41, 5.74) is 5.72. The summed E-state index contributed by atoms with van der Waals surface area (Å²) >= 11 is 5.90. The van der Waals surface area contributed by atoms with E-state index in [0.29, 0.717) is 23.0 Å². The zero-order valence-electron chi connectivity index (χ0n) is 21.0. The van der Waals surface area contributed by atoms with E-state index < -0.39 is 0 Å². The summed E-state index contributed by atoms with van der Waals surface area (Å²) in [7, 11) is 1.60. The number of aromatic nitrogens is 2. The average Bonchev–Trinajstić information content (AvgIpc) is 3.53. The molecule has 8 heteroatoms. The van der Waals surface area contributed by atoms with E-state index in [2.05, 4.69) is 62.5 Å². The molecule has 7 nitrogen and oxygen atoms in total. The minimum Gasteiger partial charge on any atom is -0.494 e. The second-order valence-corrected chi connectivity index (χ2v) is 9.26. The number of hydrogen-bond acceptors (Lipinski definition) is 4. The largest absolute Gasteiger partial charge is 0.494 e. The van der Waals surface area contributed by atoms with Crippen molar-refractivity contribution >= 4 is 34.6 Å². The van der Waals surface area contributed by atoms with E-state index in [-0.39, 0.29) is 18.0 Å². The monoisotopic (exact) mass is 511 g/mol. The predicted octanol–water partition coefficient (Wildman–Crippen LogP) is 5.71. The normalized spacial score (nSPS) is 16.9. The maximum Gasteiger partial charge on any atom is 0.224 e. The van der Waals surface area contributed by atoms with Crippen molar-refractivity contribution in [3.05, 3.63) is 102 Å². The van der Waals surface area contributed by atoms with Gasteiger partial charge in [0.25, 0.3) is 0 Å². The van der Waals surface area contributed by atoms with Crippen LogP contribution in [0.4, 0.5) is 11.4 Å². The van der Waals surface area contributed by atoms with Crippen LogP contribution >= 0.6 is 12.2 Å². The Kier molecular flexibility index (Phi) is 6.92. The van der Waals surface area contributed by atoms with E-state index in [4.69, 9.17) is 17.0 Å². The molecule has 0 spiro atoms. The van der Waals surface area contributed by atoms with Crippen molar-refractivity contribution in [2.75, 3.05) is 17.3 Å². The molecule has 3 heterocycles. The molecule has 2 aromatic carbocycles. The molecule has 2 N–H and O–H groups in total. The fourth-order valence-electron chi connectivity index (χ4n) is 4.79. The highest BCUT2D eigenvalue weighted by Crippen LogP contribution is 2.44. The lowest BCUT2D eigenvalue weighted by Gasteiger charge is -2.29. The van der Waals surface area contributed by atoms with Crippen LogP contribution < -0.4 is 20.3 Å². The molecule has 2 aromatic heterocycles. The molecule has 5 rings (SSSR count). The number of anilines is 2. The topological polar surface area (TPSA) is 71.4 Å². The number of carbonyl (C=O) groups excluding carboxylic acids is 1. The number of thiocarbonyl (C=S) groups is 1. The summed E-state index contributed by atoms with van der Waals surface area (Å²) in [4.78, 5) is 18.8. The number of para-hydroxylation sites is 1. The quantitative estimate of drug-likeness (QED) is 0.310. The third-order valence-corrected chi connectivity index (χ3v) is 6.93. The Morgan fingerprint density at radius 2 is 1.92 bits per heavy atom. The number of carbonyl (C=O) groups is 1. The molecule has 2 atom stereocenters. The van der Waals surface area contributed by atoms with Crippen molar-refractivity contribution in [3.63, 3.8) is 0 Å². The van der Waals surface area contributed by atoms with E-state index in [0.717, 1.165) is 22.8 Å². The van der Waals surface area contributed by atoms with Crippen molar-refractivity contribution in [2.45, 2.75) is 32.4 Å². The predicted molar refractivity (Wildman–Crippen MR) is 150 cm³/mol. The number of ether oxygens (including phenoxy) is 1. The third kappa shape index (κ3) is 4.68. The SMILES string of the molecule is CCC(=O)Nc1ccc(N2C(=S)N[C@H](c3ccccn3)[C@@H]2c2cccn2-c2ccccc2C)cc1OC. The fraction of sp³-hybridized carbons (Fsp3) is 0.207. The molecule has 1 amide bonds. The lowest BCUT2D eigenvalue weighted by atomic mass is 10.0. The van der Waals surface area contributed by atoms with Gasteiger partial charge in [-0.05, 0) is 67.2 Å². The number of hydrogen-bond donors (Lipinski definition) is 2. The first-order valence-electron chi connectivity index (χ1n) is 12.2. The van der Waals surface area contributed by atoms with Gasteiger partial charge in [0.2, 0.25) is 5.91 Å². The van der Waals surface area contributed by atoms with Gasteiger partial charge in [0.1, 0.15) is 11.8 Å². The molecule has 0 saturated carbocycles. The molecule has 0 bridgehead atoms. The maximum atomic E-state index is 12.0. The molecule has 188 valence electrons. The molecule has 0 unspecified atom stereocenters. The van der Waals surface area contributed by atoms with Crippen LogP contribution in [0.1, 0.15) is 42.4 Å². The molecule has 4 aromatic rings. The van der Waals surface area contributed by atoms with Gasteiger partial charge in [0, 0.05) is 41.9 Å². The lowest BCUT2D eigenvalue weighted by molar-refractivity contribution is -0.115. The van der Waals surface area contributed by atoms with E-state index in [1.54, 1.807) is 13.3 Å². The fourth-order valence-corrected chi connectivity index (χ4v) is 5.14. The van der Waals surface area contributed by atoms with Gasteiger partial charge in [-0.2, -0.15) is 0 Å². The molecular formula is C29H29N5O2S. The molecule has 1 fully saturated rings. The Morgan fingerprint density at radius 3 is 2.65 bits per heavy atom. The number of methoxy groups -OCH3 is 1. The molecular weight excluding hydrogens is 482 g/mol. The number of aryl methyl sites for hydroxylation is 1. The average molecular weight is 512 g/mol. The highest BCUT2D eigenvalue weighted by atomic mass is 32.1. The van der Waals surface area contributed by atoms with E-state index >= 15 is 0 Å². The van der Waals surface area contributed by atoms with Crippen LogP contribution in [0.5, 0.6) is 5.75 Å². The Labute approximate surface area is 222 Å². The Balaban J connectivity index is 1.64. The first kappa shape index (κ1) is 24.5. The van der Waals surface area contributed by atoms with E-state index in [1.807, 2.05) is 55.5 Å². The standard InChI is InChI=1S/C29H29N5O2S/c1-4-26(35)31-21-15-14-20(18-25(21)36-3)34-28(27(32-29(34)37)22-11-7-8-16-30-22)24-13-9-17-33(24)23-12-6-5-10-19(23)2/h5-18,27-28H,4H2,1-3H3,(H,31,35)(H,32,37)/t27-,28+/m1/s1. The number of benzene rings is 2. The van der Waals surface area contributed by atoms with Crippen LogP contribution in [0.15, 0.2) is 85.2 Å². The van der Waals surface area contributed by atoms with Crippen LogP contribution in [0, 0.1) is 6.92 Å². The number of nitrogens with zero attached hydrogens (tertiary/aromatic N) is 3.